The van der Waals surface area contributed by atoms with Crippen molar-refractivity contribution in [2.75, 3.05) is 18.4 Å². The quantitative estimate of drug-likeness (QED) is 0.455. The number of likely N-dealkylation sites (tertiary alicyclic amines) is 1. The monoisotopic (exact) mass is 489 g/mol. The number of carbonyl (C=O) groups is 3. The smallest absolute Gasteiger partial charge is 0.407 e. The Balaban J connectivity index is 1.37. The number of pyridine rings is 1. The molecule has 1 unspecified atom stereocenters. The Hall–Kier alpha value is -4.21. The highest BCUT2D eigenvalue weighted by Gasteiger charge is 2.33. The lowest BCUT2D eigenvalue weighted by Gasteiger charge is -2.35. The van der Waals surface area contributed by atoms with Crippen molar-refractivity contribution in [2.45, 2.75) is 37.6 Å². The average molecular weight is 490 g/mol. The second kappa shape index (κ2) is 10.2. The first-order valence-corrected chi connectivity index (χ1v) is 12.0. The van der Waals surface area contributed by atoms with E-state index in [2.05, 4.69) is 20.8 Å². The van der Waals surface area contributed by atoms with Crippen molar-refractivity contribution in [3.63, 3.8) is 0 Å². The molecule has 1 aliphatic heterocycles. The summed E-state index contributed by atoms with van der Waals surface area (Å²) in [5.41, 5.74) is 2.00. The Morgan fingerprint density at radius 3 is 2.53 bits per heavy atom. The number of carbonyl (C=O) groups excluding carboxylic acids is 2. The Bertz CT molecular complexity index is 1250. The fourth-order valence-corrected chi connectivity index (χ4v) is 4.58. The second-order valence-corrected chi connectivity index (χ2v) is 9.27. The molecular formula is C26H27N5O5. The van der Waals surface area contributed by atoms with Gasteiger partial charge >= 0.3 is 6.09 Å². The maximum absolute atomic E-state index is 13.1. The van der Waals surface area contributed by atoms with Crippen LogP contribution in [0.5, 0.6) is 0 Å². The minimum atomic E-state index is -0.946. The number of rotatable bonds is 7. The lowest BCUT2D eigenvalue weighted by molar-refractivity contribution is 0.0871. The van der Waals surface area contributed by atoms with E-state index in [9.17, 15) is 19.5 Å². The van der Waals surface area contributed by atoms with E-state index in [1.165, 1.54) is 4.90 Å². The third kappa shape index (κ3) is 5.37. The first kappa shape index (κ1) is 23.5. The van der Waals surface area contributed by atoms with Gasteiger partial charge in [-0.15, -0.1) is 0 Å². The largest absolute Gasteiger partial charge is 0.465 e. The summed E-state index contributed by atoms with van der Waals surface area (Å²) in [4.78, 5) is 42.8. The van der Waals surface area contributed by atoms with E-state index in [0.717, 1.165) is 24.2 Å². The van der Waals surface area contributed by atoms with Crippen LogP contribution in [0, 0.1) is 5.92 Å². The normalized spacial score (nSPS) is 16.8. The summed E-state index contributed by atoms with van der Waals surface area (Å²) in [6.45, 7) is 0.757. The van der Waals surface area contributed by atoms with Crippen molar-refractivity contribution in [3.8, 4) is 0 Å². The van der Waals surface area contributed by atoms with Crippen molar-refractivity contribution in [1.82, 2.24) is 20.4 Å². The molecule has 2 aromatic heterocycles. The van der Waals surface area contributed by atoms with Crippen LogP contribution in [-0.4, -0.2) is 51.1 Å². The van der Waals surface area contributed by atoms with E-state index >= 15 is 0 Å². The predicted molar refractivity (Wildman–Crippen MR) is 130 cm³/mol. The molecule has 0 bridgehead atoms. The molecule has 3 N–H and O–H groups in total. The first-order chi connectivity index (χ1) is 17.5. The number of benzene rings is 1. The molecule has 2 fully saturated rings. The van der Waals surface area contributed by atoms with Crippen LogP contribution < -0.4 is 10.6 Å². The standard InChI is InChI=1S/C26H27N5O5/c32-24(28-20-5-2-10-27-15-20)19-4-1-3-18(13-19)23(17-8-11-31(12-9-17)26(34)35)29-25(33)21-14-22(36-30-21)16-6-7-16/h1-5,10,13-17,23H,6-9,11-12H2,(H,28,32)(H,29,33)(H,34,35). The number of nitrogens with one attached hydrogen (secondary N) is 2. The van der Waals surface area contributed by atoms with Crippen molar-refractivity contribution in [2.24, 2.45) is 5.92 Å². The maximum atomic E-state index is 13.1. The highest BCUT2D eigenvalue weighted by molar-refractivity contribution is 6.04. The molecule has 1 saturated carbocycles. The molecular weight excluding hydrogens is 462 g/mol. The van der Waals surface area contributed by atoms with Gasteiger partial charge in [0.15, 0.2) is 5.69 Å². The Morgan fingerprint density at radius 1 is 1.03 bits per heavy atom. The highest BCUT2D eigenvalue weighted by Crippen LogP contribution is 2.40. The van der Waals surface area contributed by atoms with Gasteiger partial charge in [-0.3, -0.25) is 14.6 Å². The summed E-state index contributed by atoms with van der Waals surface area (Å²) in [5, 5.41) is 19.2. The first-order valence-electron chi connectivity index (χ1n) is 12.0. The number of aromatic nitrogens is 2. The Labute approximate surface area is 207 Å². The molecule has 186 valence electrons. The van der Waals surface area contributed by atoms with Gasteiger partial charge in [0.1, 0.15) is 5.76 Å². The zero-order valence-corrected chi connectivity index (χ0v) is 19.6. The molecule has 10 nitrogen and oxygen atoms in total. The Kier molecular flexibility index (Phi) is 6.66. The summed E-state index contributed by atoms with van der Waals surface area (Å²) in [6, 6.07) is 11.9. The van der Waals surface area contributed by atoms with Crippen molar-refractivity contribution >= 4 is 23.6 Å². The summed E-state index contributed by atoms with van der Waals surface area (Å²) < 4.78 is 5.35. The minimum absolute atomic E-state index is 0.0176. The number of nitrogens with zero attached hydrogens (tertiary/aromatic N) is 3. The van der Waals surface area contributed by atoms with E-state index in [-0.39, 0.29) is 23.4 Å². The number of carboxylic acid groups (broad SMARTS) is 1. The van der Waals surface area contributed by atoms with Crippen LogP contribution in [0.3, 0.4) is 0 Å². The molecule has 3 aromatic rings. The minimum Gasteiger partial charge on any atom is -0.465 e. The van der Waals surface area contributed by atoms with E-state index in [4.69, 9.17) is 4.52 Å². The molecule has 5 rings (SSSR count). The van der Waals surface area contributed by atoms with Crippen molar-refractivity contribution in [3.05, 3.63) is 77.4 Å². The molecule has 2 aliphatic rings. The summed E-state index contributed by atoms with van der Waals surface area (Å²) in [6.07, 6.45) is 5.48. The van der Waals surface area contributed by atoms with Gasteiger partial charge in [-0.25, -0.2) is 4.79 Å². The van der Waals surface area contributed by atoms with Crippen LogP contribution in [0.25, 0.3) is 0 Å². The van der Waals surface area contributed by atoms with Gasteiger partial charge in [0.05, 0.1) is 17.9 Å². The average Bonchev–Trinajstić information content (AvgIpc) is 3.64. The number of anilines is 1. The number of amides is 3. The molecule has 0 spiro atoms. The molecule has 1 atom stereocenters. The van der Waals surface area contributed by atoms with Gasteiger partial charge in [0, 0.05) is 36.8 Å². The number of piperidine rings is 1. The summed E-state index contributed by atoms with van der Waals surface area (Å²) >= 11 is 0. The van der Waals surface area contributed by atoms with Crippen LogP contribution in [0.4, 0.5) is 10.5 Å². The fourth-order valence-electron chi connectivity index (χ4n) is 4.58. The number of hydrogen-bond donors (Lipinski definition) is 3. The predicted octanol–water partition coefficient (Wildman–Crippen LogP) is 4.06. The van der Waals surface area contributed by atoms with Crippen molar-refractivity contribution in [1.29, 1.82) is 0 Å². The van der Waals surface area contributed by atoms with Gasteiger partial charge in [-0.05, 0) is 61.4 Å². The van der Waals surface area contributed by atoms with Crippen LogP contribution in [0.1, 0.15) is 69.8 Å². The molecule has 3 heterocycles. The molecule has 1 aliphatic carbocycles. The highest BCUT2D eigenvalue weighted by atomic mass is 16.5. The molecule has 1 saturated heterocycles. The van der Waals surface area contributed by atoms with Gasteiger partial charge in [0.2, 0.25) is 0 Å². The third-order valence-electron chi connectivity index (χ3n) is 6.74. The van der Waals surface area contributed by atoms with E-state index in [1.54, 1.807) is 48.8 Å². The van der Waals surface area contributed by atoms with Crippen LogP contribution in [0.2, 0.25) is 0 Å². The van der Waals surface area contributed by atoms with Crippen molar-refractivity contribution < 1.29 is 24.0 Å². The maximum Gasteiger partial charge on any atom is 0.407 e. The molecule has 1 aromatic carbocycles. The summed E-state index contributed by atoms with van der Waals surface area (Å²) in [5.74, 6) is 0.393. The SMILES string of the molecule is O=C(Nc1cccnc1)c1cccc(C(NC(=O)c2cc(C3CC3)on2)C2CCN(C(=O)O)CC2)c1. The lowest BCUT2D eigenvalue weighted by Crippen LogP contribution is -2.42. The van der Waals surface area contributed by atoms with Gasteiger partial charge in [-0.1, -0.05) is 17.3 Å². The number of hydrogen-bond acceptors (Lipinski definition) is 6. The van der Waals surface area contributed by atoms with Crippen LogP contribution >= 0.6 is 0 Å². The summed E-state index contributed by atoms with van der Waals surface area (Å²) in [7, 11) is 0. The fraction of sp³-hybridized carbons (Fsp3) is 0.346. The third-order valence-corrected chi connectivity index (χ3v) is 6.74. The van der Waals surface area contributed by atoms with E-state index < -0.39 is 12.1 Å². The topological polar surface area (TPSA) is 138 Å². The van der Waals surface area contributed by atoms with E-state index in [1.807, 2.05) is 6.07 Å². The lowest BCUT2D eigenvalue weighted by atomic mass is 9.84. The van der Waals surface area contributed by atoms with Crippen LogP contribution in [0.15, 0.2) is 59.4 Å². The molecule has 36 heavy (non-hydrogen) atoms. The zero-order valence-electron chi connectivity index (χ0n) is 19.6. The zero-order chi connectivity index (χ0) is 25.1. The van der Waals surface area contributed by atoms with Crippen LogP contribution in [-0.2, 0) is 0 Å². The molecule has 3 amide bonds. The molecule has 10 heteroatoms. The van der Waals surface area contributed by atoms with Gasteiger partial charge in [0.25, 0.3) is 11.8 Å². The Morgan fingerprint density at radius 2 is 1.83 bits per heavy atom. The van der Waals surface area contributed by atoms with Gasteiger partial charge < -0.3 is 25.2 Å². The van der Waals surface area contributed by atoms with Gasteiger partial charge in [-0.2, -0.15) is 0 Å². The molecule has 0 radical (unpaired) electrons. The van der Waals surface area contributed by atoms with E-state index in [0.29, 0.717) is 43.1 Å². The second-order valence-electron chi connectivity index (χ2n) is 9.27.